The Labute approximate surface area is 61.3 Å². The fourth-order valence-electron chi connectivity index (χ4n) is 0.867. The van der Waals surface area contributed by atoms with Gasteiger partial charge in [0.25, 0.3) is 0 Å². The zero-order valence-electron chi connectivity index (χ0n) is 6.33. The zero-order chi connectivity index (χ0) is 7.40. The van der Waals surface area contributed by atoms with Crippen LogP contribution >= 0.6 is 0 Å². The Morgan fingerprint density at radius 2 is 2.00 bits per heavy atom. The van der Waals surface area contributed by atoms with Crippen molar-refractivity contribution in [1.82, 2.24) is 9.97 Å². The summed E-state index contributed by atoms with van der Waals surface area (Å²) in [6.45, 7) is 4.35. The second kappa shape index (κ2) is 3.30. The van der Waals surface area contributed by atoms with E-state index in [0.29, 0.717) is 5.92 Å². The average molecular weight is 135 g/mol. The second-order valence-corrected chi connectivity index (χ2v) is 2.79. The van der Waals surface area contributed by atoms with Crippen LogP contribution in [0.2, 0.25) is 0 Å². The highest BCUT2D eigenvalue weighted by Gasteiger charge is 1.95. The van der Waals surface area contributed by atoms with Gasteiger partial charge in [0.15, 0.2) is 6.33 Å². The molecule has 0 fully saturated rings. The average Bonchev–Trinajstić information content (AvgIpc) is 1.88. The van der Waals surface area contributed by atoms with E-state index in [-0.39, 0.29) is 0 Å². The van der Waals surface area contributed by atoms with Crippen molar-refractivity contribution in [3.05, 3.63) is 24.3 Å². The molecule has 1 aromatic heterocycles. The Kier molecular flexibility index (Phi) is 2.37. The first kappa shape index (κ1) is 7.19. The van der Waals surface area contributed by atoms with Crippen molar-refractivity contribution in [3.63, 3.8) is 0 Å². The number of hydrogen-bond acceptors (Lipinski definition) is 2. The largest absolute Gasteiger partial charge is 0.234 e. The van der Waals surface area contributed by atoms with E-state index in [0.717, 1.165) is 6.42 Å². The first-order chi connectivity index (χ1) is 4.79. The molecule has 1 radical (unpaired) electrons. The van der Waals surface area contributed by atoms with Gasteiger partial charge in [-0.25, -0.2) is 9.97 Å². The maximum atomic E-state index is 3.80. The van der Waals surface area contributed by atoms with Crippen LogP contribution in [-0.4, -0.2) is 9.97 Å². The van der Waals surface area contributed by atoms with Crippen LogP contribution < -0.4 is 0 Å². The predicted molar refractivity (Wildman–Crippen MR) is 39.4 cm³/mol. The lowest BCUT2D eigenvalue weighted by Crippen LogP contribution is -1.94. The quantitative estimate of drug-likeness (QED) is 0.613. The smallest absolute Gasteiger partial charge is 0.197 e. The van der Waals surface area contributed by atoms with E-state index in [4.69, 9.17) is 0 Å². The molecule has 0 aliphatic rings. The molecule has 0 spiro atoms. The predicted octanol–water partition coefficient (Wildman–Crippen LogP) is 1.48. The Hall–Kier alpha value is -0.920. The lowest BCUT2D eigenvalue weighted by Gasteiger charge is -2.01. The molecule has 0 aliphatic heterocycles. The molecular formula is C8H11N2. The van der Waals surface area contributed by atoms with Crippen LogP contribution in [0.5, 0.6) is 0 Å². The first-order valence-corrected chi connectivity index (χ1v) is 3.46. The van der Waals surface area contributed by atoms with E-state index in [9.17, 15) is 0 Å². The number of aromatic nitrogens is 2. The zero-order valence-corrected chi connectivity index (χ0v) is 6.33. The monoisotopic (exact) mass is 135 g/mol. The van der Waals surface area contributed by atoms with Crippen LogP contribution in [0, 0.1) is 12.2 Å². The standard InChI is InChI=1S/C8H11N2/c1-7(2)3-8-4-9-6-10-5-8/h4-5,7H,3H2,1-2H3. The summed E-state index contributed by atoms with van der Waals surface area (Å²) in [6, 6.07) is 0. The van der Waals surface area contributed by atoms with Gasteiger partial charge in [0, 0.05) is 12.4 Å². The minimum absolute atomic E-state index is 0.672. The molecule has 0 saturated carbocycles. The van der Waals surface area contributed by atoms with Crippen molar-refractivity contribution in [1.29, 1.82) is 0 Å². The van der Waals surface area contributed by atoms with Crippen molar-refractivity contribution in [2.45, 2.75) is 20.3 Å². The van der Waals surface area contributed by atoms with Crippen LogP contribution in [0.3, 0.4) is 0 Å². The van der Waals surface area contributed by atoms with Gasteiger partial charge in [-0.15, -0.1) is 0 Å². The van der Waals surface area contributed by atoms with Gasteiger partial charge in [0.05, 0.1) is 0 Å². The number of hydrogen-bond donors (Lipinski definition) is 0. The van der Waals surface area contributed by atoms with Crippen molar-refractivity contribution >= 4 is 0 Å². The van der Waals surface area contributed by atoms with Gasteiger partial charge in [-0.1, -0.05) is 13.8 Å². The summed E-state index contributed by atoms with van der Waals surface area (Å²) in [5.41, 5.74) is 1.19. The highest BCUT2D eigenvalue weighted by atomic mass is 14.8. The van der Waals surface area contributed by atoms with E-state index in [1.54, 1.807) is 0 Å². The van der Waals surface area contributed by atoms with Gasteiger partial charge in [0.2, 0.25) is 0 Å². The SMILES string of the molecule is CC(C)Cc1cn[c]nc1. The van der Waals surface area contributed by atoms with Gasteiger partial charge < -0.3 is 0 Å². The molecule has 1 aromatic rings. The highest BCUT2D eigenvalue weighted by Crippen LogP contribution is 2.03. The van der Waals surface area contributed by atoms with Crippen LogP contribution in [0.25, 0.3) is 0 Å². The first-order valence-electron chi connectivity index (χ1n) is 3.46. The Bertz CT molecular complexity index is 182. The fourth-order valence-corrected chi connectivity index (χ4v) is 0.867. The van der Waals surface area contributed by atoms with Crippen LogP contribution in [0.15, 0.2) is 12.4 Å². The molecule has 0 unspecified atom stereocenters. The summed E-state index contributed by atoms with van der Waals surface area (Å²) in [5.74, 6) is 0.672. The van der Waals surface area contributed by atoms with Gasteiger partial charge in [-0.05, 0) is 17.9 Å². The summed E-state index contributed by atoms with van der Waals surface area (Å²) in [7, 11) is 0. The molecule has 0 saturated heterocycles. The topological polar surface area (TPSA) is 25.8 Å². The lowest BCUT2D eigenvalue weighted by molar-refractivity contribution is 0.643. The molecular weight excluding hydrogens is 124 g/mol. The van der Waals surface area contributed by atoms with E-state index in [1.807, 2.05) is 12.4 Å². The summed E-state index contributed by atoms with van der Waals surface area (Å²) in [5, 5.41) is 0. The van der Waals surface area contributed by atoms with Gasteiger partial charge in [-0.2, -0.15) is 0 Å². The molecule has 2 nitrogen and oxygen atoms in total. The van der Waals surface area contributed by atoms with E-state index < -0.39 is 0 Å². The Morgan fingerprint density at radius 3 is 2.50 bits per heavy atom. The maximum Gasteiger partial charge on any atom is 0.197 e. The number of nitrogens with zero attached hydrogens (tertiary/aromatic N) is 2. The molecule has 0 aromatic carbocycles. The molecule has 0 aliphatic carbocycles. The highest BCUT2D eigenvalue weighted by molar-refractivity contribution is 5.02. The molecule has 1 heterocycles. The van der Waals surface area contributed by atoms with E-state index >= 15 is 0 Å². The third kappa shape index (κ3) is 2.13. The Morgan fingerprint density at radius 1 is 1.40 bits per heavy atom. The van der Waals surface area contributed by atoms with Crippen molar-refractivity contribution in [3.8, 4) is 0 Å². The molecule has 0 bridgehead atoms. The molecule has 53 valence electrons. The Balaban J connectivity index is 2.59. The summed E-state index contributed by atoms with van der Waals surface area (Å²) in [4.78, 5) is 7.60. The minimum Gasteiger partial charge on any atom is -0.234 e. The van der Waals surface area contributed by atoms with Crippen molar-refractivity contribution in [2.24, 2.45) is 5.92 Å². The number of rotatable bonds is 2. The van der Waals surface area contributed by atoms with Crippen molar-refractivity contribution < 1.29 is 0 Å². The molecule has 2 heteroatoms. The van der Waals surface area contributed by atoms with Crippen LogP contribution in [-0.2, 0) is 6.42 Å². The molecule has 0 amide bonds. The maximum absolute atomic E-state index is 3.80. The molecule has 1 rings (SSSR count). The van der Waals surface area contributed by atoms with Gasteiger partial charge in [0.1, 0.15) is 0 Å². The van der Waals surface area contributed by atoms with Gasteiger partial charge in [-0.3, -0.25) is 0 Å². The fraction of sp³-hybridized carbons (Fsp3) is 0.500. The summed E-state index contributed by atoms with van der Waals surface area (Å²) < 4.78 is 0. The minimum atomic E-state index is 0.672. The summed E-state index contributed by atoms with van der Waals surface area (Å²) in [6.07, 6.45) is 7.18. The third-order valence-electron chi connectivity index (χ3n) is 1.22. The van der Waals surface area contributed by atoms with Crippen molar-refractivity contribution in [2.75, 3.05) is 0 Å². The molecule has 10 heavy (non-hydrogen) atoms. The molecule has 0 atom stereocenters. The molecule has 0 N–H and O–H groups in total. The second-order valence-electron chi connectivity index (χ2n) is 2.79. The van der Waals surface area contributed by atoms with E-state index in [1.165, 1.54) is 5.56 Å². The van der Waals surface area contributed by atoms with Crippen LogP contribution in [0.4, 0.5) is 0 Å². The van der Waals surface area contributed by atoms with Crippen LogP contribution in [0.1, 0.15) is 19.4 Å². The van der Waals surface area contributed by atoms with Gasteiger partial charge >= 0.3 is 0 Å². The third-order valence-corrected chi connectivity index (χ3v) is 1.22. The summed E-state index contributed by atoms with van der Waals surface area (Å²) >= 11 is 0. The normalized spacial score (nSPS) is 10.3. The van der Waals surface area contributed by atoms with E-state index in [2.05, 4.69) is 30.1 Å². The lowest BCUT2D eigenvalue weighted by atomic mass is 10.1.